The molecular formula is C10H17NO2S2. The third kappa shape index (κ3) is 4.32. The van der Waals surface area contributed by atoms with Crippen LogP contribution in [0.25, 0.3) is 0 Å². The lowest BCUT2D eigenvalue weighted by Gasteiger charge is -2.11. The molecule has 0 aliphatic heterocycles. The van der Waals surface area contributed by atoms with E-state index in [2.05, 4.69) is 23.8 Å². The van der Waals surface area contributed by atoms with Crippen molar-refractivity contribution < 1.29 is 8.42 Å². The number of thiophene rings is 1. The van der Waals surface area contributed by atoms with Crippen molar-refractivity contribution >= 4 is 21.4 Å². The zero-order valence-electron chi connectivity index (χ0n) is 9.28. The van der Waals surface area contributed by atoms with E-state index in [0.717, 1.165) is 6.42 Å². The Kier molecular flexibility index (Phi) is 4.31. The third-order valence-corrected chi connectivity index (χ3v) is 4.61. The maximum atomic E-state index is 11.3. The highest BCUT2D eigenvalue weighted by atomic mass is 32.2. The molecule has 15 heavy (non-hydrogen) atoms. The van der Waals surface area contributed by atoms with Gasteiger partial charge in [-0.2, -0.15) is 0 Å². The summed E-state index contributed by atoms with van der Waals surface area (Å²) in [6.45, 7) is 5.58. The van der Waals surface area contributed by atoms with Crippen molar-refractivity contribution in [2.24, 2.45) is 0 Å². The molecule has 5 heteroatoms. The van der Waals surface area contributed by atoms with Crippen LogP contribution in [0.3, 0.4) is 0 Å². The van der Waals surface area contributed by atoms with Gasteiger partial charge in [-0.3, -0.25) is 0 Å². The number of sulfonamides is 1. The Balaban J connectivity index is 2.53. The molecule has 1 aromatic rings. The quantitative estimate of drug-likeness (QED) is 0.864. The monoisotopic (exact) mass is 247 g/mol. The number of hydrogen-bond donors (Lipinski definition) is 1. The minimum atomic E-state index is -3.08. The van der Waals surface area contributed by atoms with E-state index < -0.39 is 10.0 Å². The molecule has 86 valence electrons. The van der Waals surface area contributed by atoms with Crippen LogP contribution in [0.5, 0.6) is 0 Å². The molecule has 1 unspecified atom stereocenters. The van der Waals surface area contributed by atoms with E-state index in [1.807, 2.05) is 6.92 Å². The lowest BCUT2D eigenvalue weighted by molar-refractivity contribution is 0.562. The Morgan fingerprint density at radius 3 is 2.60 bits per heavy atom. The van der Waals surface area contributed by atoms with Gasteiger partial charge in [0.15, 0.2) is 0 Å². The highest BCUT2D eigenvalue weighted by Crippen LogP contribution is 2.16. The normalized spacial score (nSPS) is 14.1. The van der Waals surface area contributed by atoms with Gasteiger partial charge in [0, 0.05) is 15.8 Å². The van der Waals surface area contributed by atoms with Crippen molar-refractivity contribution in [3.05, 3.63) is 21.9 Å². The fraction of sp³-hybridized carbons (Fsp3) is 0.600. The lowest BCUT2D eigenvalue weighted by Crippen LogP contribution is -2.34. The van der Waals surface area contributed by atoms with E-state index in [1.165, 1.54) is 9.75 Å². The number of rotatable bonds is 5. The third-order valence-electron chi connectivity index (χ3n) is 2.06. The summed E-state index contributed by atoms with van der Waals surface area (Å²) in [6, 6.07) is 4.07. The van der Waals surface area contributed by atoms with Crippen LogP contribution >= 0.6 is 11.3 Å². The summed E-state index contributed by atoms with van der Waals surface area (Å²) in [5.74, 6) is 0.140. The molecule has 0 saturated carbocycles. The molecule has 1 atom stereocenters. The maximum absolute atomic E-state index is 11.3. The van der Waals surface area contributed by atoms with Crippen molar-refractivity contribution in [1.82, 2.24) is 4.72 Å². The highest BCUT2D eigenvalue weighted by Gasteiger charge is 2.12. The summed E-state index contributed by atoms with van der Waals surface area (Å²) in [4.78, 5) is 2.48. The Morgan fingerprint density at radius 2 is 2.13 bits per heavy atom. The SMILES string of the molecule is CCS(=O)(=O)NC(C)Cc1ccc(C)s1. The number of hydrogen-bond acceptors (Lipinski definition) is 3. The van der Waals surface area contributed by atoms with Crippen LogP contribution in [0.1, 0.15) is 23.6 Å². The largest absolute Gasteiger partial charge is 0.212 e. The summed E-state index contributed by atoms with van der Waals surface area (Å²) in [6.07, 6.45) is 0.762. The van der Waals surface area contributed by atoms with E-state index in [-0.39, 0.29) is 11.8 Å². The molecule has 0 spiro atoms. The van der Waals surface area contributed by atoms with Gasteiger partial charge in [0.25, 0.3) is 0 Å². The van der Waals surface area contributed by atoms with Crippen LogP contribution in [-0.2, 0) is 16.4 Å². The van der Waals surface area contributed by atoms with Crippen molar-refractivity contribution in [3.8, 4) is 0 Å². The second-order valence-electron chi connectivity index (χ2n) is 3.64. The van der Waals surface area contributed by atoms with Crippen molar-refractivity contribution in [3.63, 3.8) is 0 Å². The van der Waals surface area contributed by atoms with Crippen LogP contribution in [0.4, 0.5) is 0 Å². The summed E-state index contributed by atoms with van der Waals surface area (Å²) >= 11 is 1.71. The van der Waals surface area contributed by atoms with Gasteiger partial charge in [-0.15, -0.1) is 11.3 Å². The van der Waals surface area contributed by atoms with Gasteiger partial charge >= 0.3 is 0 Å². The average Bonchev–Trinajstić information content (AvgIpc) is 2.50. The molecule has 3 nitrogen and oxygen atoms in total. The molecule has 1 N–H and O–H groups in total. The predicted molar refractivity (Wildman–Crippen MR) is 64.8 cm³/mol. The first-order valence-corrected chi connectivity index (χ1v) is 7.45. The van der Waals surface area contributed by atoms with Gasteiger partial charge in [0.1, 0.15) is 0 Å². The van der Waals surface area contributed by atoms with Crippen LogP contribution in [0.2, 0.25) is 0 Å². The Hall–Kier alpha value is -0.390. The van der Waals surface area contributed by atoms with Gasteiger partial charge in [-0.05, 0) is 39.3 Å². The second kappa shape index (κ2) is 5.09. The first-order valence-electron chi connectivity index (χ1n) is 4.98. The topological polar surface area (TPSA) is 46.2 Å². The maximum Gasteiger partial charge on any atom is 0.211 e. The number of nitrogens with one attached hydrogen (secondary N) is 1. The summed E-state index contributed by atoms with van der Waals surface area (Å²) in [7, 11) is -3.08. The number of aryl methyl sites for hydroxylation is 1. The minimum absolute atomic E-state index is 0.0343. The highest BCUT2D eigenvalue weighted by molar-refractivity contribution is 7.89. The van der Waals surface area contributed by atoms with Gasteiger partial charge in [-0.25, -0.2) is 13.1 Å². The lowest BCUT2D eigenvalue weighted by atomic mass is 10.2. The second-order valence-corrected chi connectivity index (χ2v) is 7.05. The Labute approximate surface area is 95.6 Å². The van der Waals surface area contributed by atoms with E-state index in [0.29, 0.717) is 0 Å². The van der Waals surface area contributed by atoms with Crippen LogP contribution in [-0.4, -0.2) is 20.2 Å². The fourth-order valence-corrected chi connectivity index (χ4v) is 3.21. The van der Waals surface area contributed by atoms with Gasteiger partial charge in [-0.1, -0.05) is 0 Å². The standard InChI is InChI=1S/C10H17NO2S2/c1-4-15(12,13)11-8(2)7-10-6-5-9(3)14-10/h5-6,8,11H,4,7H2,1-3H3. The van der Waals surface area contributed by atoms with E-state index >= 15 is 0 Å². The van der Waals surface area contributed by atoms with Crippen molar-refractivity contribution in [1.29, 1.82) is 0 Å². The molecule has 1 aromatic heterocycles. The van der Waals surface area contributed by atoms with E-state index in [1.54, 1.807) is 18.3 Å². The Morgan fingerprint density at radius 1 is 1.47 bits per heavy atom. The zero-order chi connectivity index (χ0) is 11.5. The first kappa shape index (κ1) is 12.7. The zero-order valence-corrected chi connectivity index (χ0v) is 10.9. The summed E-state index contributed by atoms with van der Waals surface area (Å²) < 4.78 is 25.2. The van der Waals surface area contributed by atoms with Crippen molar-refractivity contribution in [2.45, 2.75) is 33.2 Å². The molecule has 0 fully saturated rings. The Bertz CT molecular complexity index is 409. The average molecular weight is 247 g/mol. The molecule has 0 amide bonds. The molecule has 0 saturated heterocycles. The van der Waals surface area contributed by atoms with Crippen molar-refractivity contribution in [2.75, 3.05) is 5.75 Å². The first-order chi connectivity index (χ1) is 6.93. The molecule has 1 heterocycles. The van der Waals surface area contributed by atoms with E-state index in [4.69, 9.17) is 0 Å². The molecular weight excluding hydrogens is 230 g/mol. The molecule has 0 aliphatic carbocycles. The smallest absolute Gasteiger partial charge is 0.211 e. The van der Waals surface area contributed by atoms with E-state index in [9.17, 15) is 8.42 Å². The molecule has 0 radical (unpaired) electrons. The molecule has 0 aliphatic rings. The van der Waals surface area contributed by atoms with Gasteiger partial charge in [0.05, 0.1) is 5.75 Å². The fourth-order valence-electron chi connectivity index (χ4n) is 1.33. The molecule has 0 bridgehead atoms. The van der Waals surface area contributed by atoms with Crippen LogP contribution < -0.4 is 4.72 Å². The van der Waals surface area contributed by atoms with Crippen LogP contribution in [0, 0.1) is 6.92 Å². The molecule has 0 aromatic carbocycles. The summed E-state index contributed by atoms with van der Waals surface area (Å²) in [5.41, 5.74) is 0. The minimum Gasteiger partial charge on any atom is -0.212 e. The van der Waals surface area contributed by atoms with Gasteiger partial charge in [0.2, 0.25) is 10.0 Å². The predicted octanol–water partition coefficient (Wildman–Crippen LogP) is 1.93. The summed E-state index contributed by atoms with van der Waals surface area (Å²) in [5, 5.41) is 0. The van der Waals surface area contributed by atoms with Crippen LogP contribution in [0.15, 0.2) is 12.1 Å². The molecule has 1 rings (SSSR count). The van der Waals surface area contributed by atoms with Gasteiger partial charge < -0.3 is 0 Å².